The number of amides is 1. The molecule has 0 unspecified atom stereocenters. The van der Waals surface area contributed by atoms with Crippen LogP contribution in [0.3, 0.4) is 0 Å². The lowest BCUT2D eigenvalue weighted by Crippen LogP contribution is -2.37. The lowest BCUT2D eigenvalue weighted by atomic mass is 10.2. The van der Waals surface area contributed by atoms with Crippen LogP contribution in [0.1, 0.15) is 17.5 Å². The van der Waals surface area contributed by atoms with Crippen molar-refractivity contribution in [3.8, 4) is 0 Å². The van der Waals surface area contributed by atoms with Crippen LogP contribution in [0.2, 0.25) is 0 Å². The van der Waals surface area contributed by atoms with Gasteiger partial charge in [0.25, 0.3) is 0 Å². The summed E-state index contributed by atoms with van der Waals surface area (Å²) in [6, 6.07) is 11.9. The van der Waals surface area contributed by atoms with E-state index in [9.17, 15) is 9.18 Å². The number of hydrogen-bond acceptors (Lipinski definition) is 4. The minimum atomic E-state index is -0.264. The number of benzene rings is 1. The number of nitrogens with zero attached hydrogens (tertiary/aromatic N) is 4. The van der Waals surface area contributed by atoms with E-state index in [0.717, 1.165) is 30.0 Å². The minimum Gasteiger partial charge on any atom is -0.356 e. The third kappa shape index (κ3) is 4.31. The number of pyridine rings is 1. The number of rotatable bonds is 6. The molecule has 3 heterocycles. The maximum Gasteiger partial charge on any atom is 0.230 e. The fourth-order valence-electron chi connectivity index (χ4n) is 2.92. The van der Waals surface area contributed by atoms with Crippen LogP contribution >= 0.6 is 0 Å². The van der Waals surface area contributed by atoms with Crippen molar-refractivity contribution in [3.63, 3.8) is 0 Å². The Bertz CT molecular complexity index is 916. The summed E-state index contributed by atoms with van der Waals surface area (Å²) in [5.41, 5.74) is 1.80. The molecule has 1 saturated heterocycles. The molecule has 1 fully saturated rings. The first-order valence-electron chi connectivity index (χ1n) is 8.93. The maximum atomic E-state index is 13.0. The number of hydrogen-bond donors (Lipinski definition) is 1. The number of halogens is 1. The second-order valence-corrected chi connectivity index (χ2v) is 6.62. The third-order valence-corrected chi connectivity index (χ3v) is 4.52. The molecule has 6 nitrogen and oxygen atoms in total. The molecule has 138 valence electrons. The molecule has 1 N–H and O–H groups in total. The van der Waals surface area contributed by atoms with E-state index in [0.29, 0.717) is 12.4 Å². The van der Waals surface area contributed by atoms with Gasteiger partial charge in [0.2, 0.25) is 5.91 Å². The minimum absolute atomic E-state index is 0.138. The van der Waals surface area contributed by atoms with Crippen LogP contribution < -0.4 is 10.2 Å². The smallest absolute Gasteiger partial charge is 0.230 e. The Morgan fingerprint density at radius 2 is 1.85 bits per heavy atom. The van der Waals surface area contributed by atoms with Gasteiger partial charge in [-0.05, 0) is 35.7 Å². The largest absolute Gasteiger partial charge is 0.356 e. The standard InChI is InChI=1S/C20H20FN5O/c21-17-5-2-15(3-6-17)14-26-11-8-18(24-26)23-20(27)12-16-4-7-19(22-13-16)25-9-1-10-25/h2-8,11,13H,1,9-10,12,14H2,(H,23,24,27). The van der Waals surface area contributed by atoms with Crippen molar-refractivity contribution in [1.82, 2.24) is 14.8 Å². The van der Waals surface area contributed by atoms with Crippen LogP contribution in [0.5, 0.6) is 0 Å². The highest BCUT2D eigenvalue weighted by Crippen LogP contribution is 2.18. The number of carbonyl (C=O) groups excluding carboxylic acids is 1. The SMILES string of the molecule is O=C(Cc1ccc(N2CCC2)nc1)Nc1ccn(Cc2ccc(F)cc2)n1. The average Bonchev–Trinajstić information content (AvgIpc) is 3.04. The molecule has 7 heteroatoms. The van der Waals surface area contributed by atoms with Crippen molar-refractivity contribution in [2.24, 2.45) is 0 Å². The first kappa shape index (κ1) is 17.2. The first-order chi connectivity index (χ1) is 13.2. The summed E-state index contributed by atoms with van der Waals surface area (Å²) in [4.78, 5) is 18.9. The van der Waals surface area contributed by atoms with Crippen molar-refractivity contribution in [1.29, 1.82) is 0 Å². The van der Waals surface area contributed by atoms with Gasteiger partial charge in [-0.2, -0.15) is 5.10 Å². The van der Waals surface area contributed by atoms with Gasteiger partial charge in [0, 0.05) is 31.5 Å². The van der Waals surface area contributed by atoms with Crippen molar-refractivity contribution in [3.05, 3.63) is 71.8 Å². The first-order valence-corrected chi connectivity index (χ1v) is 8.93. The summed E-state index contributed by atoms with van der Waals surface area (Å²) in [6.07, 6.45) is 4.99. The van der Waals surface area contributed by atoms with Crippen molar-refractivity contribution >= 4 is 17.5 Å². The number of anilines is 2. The zero-order valence-corrected chi connectivity index (χ0v) is 14.8. The fraction of sp³-hybridized carbons (Fsp3) is 0.250. The van der Waals surface area contributed by atoms with Crippen molar-refractivity contribution in [2.75, 3.05) is 23.3 Å². The van der Waals surface area contributed by atoms with E-state index >= 15 is 0 Å². The number of carbonyl (C=O) groups is 1. The summed E-state index contributed by atoms with van der Waals surface area (Å²) < 4.78 is 14.7. The van der Waals surface area contributed by atoms with Gasteiger partial charge in [0.05, 0.1) is 13.0 Å². The molecule has 2 aromatic heterocycles. The maximum absolute atomic E-state index is 13.0. The second-order valence-electron chi connectivity index (χ2n) is 6.62. The Labute approximate surface area is 156 Å². The molecule has 0 spiro atoms. The molecule has 4 rings (SSSR count). The van der Waals surface area contributed by atoms with Crippen LogP contribution in [0, 0.1) is 5.82 Å². The van der Waals surface area contributed by atoms with Gasteiger partial charge in [-0.25, -0.2) is 9.37 Å². The molecule has 3 aromatic rings. The summed E-state index contributed by atoms with van der Waals surface area (Å²) in [5, 5.41) is 7.13. The third-order valence-electron chi connectivity index (χ3n) is 4.52. The van der Waals surface area contributed by atoms with E-state index in [2.05, 4.69) is 20.3 Å². The fourth-order valence-corrected chi connectivity index (χ4v) is 2.92. The molecule has 27 heavy (non-hydrogen) atoms. The van der Waals surface area contributed by atoms with Gasteiger partial charge in [-0.1, -0.05) is 18.2 Å². The van der Waals surface area contributed by atoms with Crippen LogP contribution in [0.15, 0.2) is 54.9 Å². The van der Waals surface area contributed by atoms with Crippen LogP contribution in [-0.2, 0) is 17.8 Å². The molecule has 1 aromatic carbocycles. The lowest BCUT2D eigenvalue weighted by Gasteiger charge is -2.31. The predicted molar refractivity (Wildman–Crippen MR) is 101 cm³/mol. The molecule has 1 aliphatic heterocycles. The van der Waals surface area contributed by atoms with E-state index in [1.165, 1.54) is 18.6 Å². The van der Waals surface area contributed by atoms with E-state index < -0.39 is 0 Å². The normalized spacial score (nSPS) is 13.3. The van der Waals surface area contributed by atoms with Crippen LogP contribution in [0.25, 0.3) is 0 Å². The van der Waals surface area contributed by atoms with Gasteiger partial charge in [0.15, 0.2) is 5.82 Å². The summed E-state index contributed by atoms with van der Waals surface area (Å²) >= 11 is 0. The quantitative estimate of drug-likeness (QED) is 0.730. The highest BCUT2D eigenvalue weighted by atomic mass is 19.1. The highest BCUT2D eigenvalue weighted by Gasteiger charge is 2.15. The zero-order valence-electron chi connectivity index (χ0n) is 14.8. The average molecular weight is 365 g/mol. The lowest BCUT2D eigenvalue weighted by molar-refractivity contribution is -0.115. The Morgan fingerprint density at radius 3 is 2.52 bits per heavy atom. The van der Waals surface area contributed by atoms with Gasteiger partial charge < -0.3 is 10.2 Å². The molecular weight excluding hydrogens is 345 g/mol. The summed E-state index contributed by atoms with van der Waals surface area (Å²) in [7, 11) is 0. The summed E-state index contributed by atoms with van der Waals surface area (Å²) in [6.45, 7) is 2.61. The van der Waals surface area contributed by atoms with Crippen LogP contribution in [-0.4, -0.2) is 33.8 Å². The summed E-state index contributed by atoms with van der Waals surface area (Å²) in [5.74, 6) is 1.05. The zero-order chi connectivity index (χ0) is 18.6. The molecule has 1 amide bonds. The van der Waals surface area contributed by atoms with Gasteiger partial charge in [-0.3, -0.25) is 9.48 Å². The van der Waals surface area contributed by atoms with Crippen LogP contribution in [0.4, 0.5) is 16.0 Å². The second kappa shape index (κ2) is 7.57. The topological polar surface area (TPSA) is 63.1 Å². The van der Waals surface area contributed by atoms with E-state index in [1.54, 1.807) is 35.3 Å². The van der Waals surface area contributed by atoms with E-state index in [4.69, 9.17) is 0 Å². The molecule has 0 bridgehead atoms. The van der Waals surface area contributed by atoms with Gasteiger partial charge in [0.1, 0.15) is 11.6 Å². The van der Waals surface area contributed by atoms with E-state index in [1.807, 2.05) is 12.1 Å². The Kier molecular flexibility index (Phi) is 4.82. The number of nitrogens with one attached hydrogen (secondary N) is 1. The molecule has 0 aliphatic carbocycles. The Morgan fingerprint density at radius 1 is 1.07 bits per heavy atom. The molecular formula is C20H20FN5O. The molecule has 0 radical (unpaired) electrons. The molecule has 1 aliphatic rings. The van der Waals surface area contributed by atoms with Crippen molar-refractivity contribution < 1.29 is 9.18 Å². The van der Waals surface area contributed by atoms with E-state index in [-0.39, 0.29) is 18.1 Å². The Hall–Kier alpha value is -3.22. The van der Waals surface area contributed by atoms with Gasteiger partial charge in [-0.15, -0.1) is 0 Å². The Balaban J connectivity index is 1.31. The number of aromatic nitrogens is 3. The van der Waals surface area contributed by atoms with Crippen molar-refractivity contribution in [2.45, 2.75) is 19.4 Å². The monoisotopic (exact) mass is 365 g/mol. The molecule has 0 atom stereocenters. The highest BCUT2D eigenvalue weighted by molar-refractivity contribution is 5.91. The van der Waals surface area contributed by atoms with Gasteiger partial charge >= 0.3 is 0 Å². The molecule has 0 saturated carbocycles. The predicted octanol–water partition coefficient (Wildman–Crippen LogP) is 2.86.